The van der Waals surface area contributed by atoms with E-state index in [1.807, 2.05) is 13.8 Å². The van der Waals surface area contributed by atoms with E-state index in [4.69, 9.17) is 0 Å². The number of carbonyl (C=O) groups is 5. The lowest BCUT2D eigenvalue weighted by atomic mass is 10.1. The zero-order chi connectivity index (χ0) is 19.7. The molecule has 2 N–H and O–H groups in total. The van der Waals surface area contributed by atoms with E-state index in [1.165, 1.54) is 13.1 Å². The topological polar surface area (TPSA) is 113 Å². The summed E-state index contributed by atoms with van der Waals surface area (Å²) in [6.07, 6.45) is 1.19. The standard InChI is InChI=1S/C16H17N3O5.C2H6/c1-17-13(22)6-5-10(9-21)19-15(23)11-3-2-4-12(18-7-8-20)14(11)16(19)24;1-2/h2-4,8-10,18H,5-7H2,1H3,(H,17,22);1-2H3. The normalized spacial score (nSPS) is 13.3. The van der Waals surface area contributed by atoms with Gasteiger partial charge in [0.15, 0.2) is 0 Å². The van der Waals surface area contributed by atoms with Crippen LogP contribution in [0.5, 0.6) is 0 Å². The van der Waals surface area contributed by atoms with Gasteiger partial charge in [0.25, 0.3) is 11.8 Å². The first kappa shape index (κ1) is 21.0. The van der Waals surface area contributed by atoms with Crippen LogP contribution >= 0.6 is 0 Å². The van der Waals surface area contributed by atoms with Crippen molar-refractivity contribution in [2.24, 2.45) is 0 Å². The summed E-state index contributed by atoms with van der Waals surface area (Å²) in [6, 6.07) is 3.63. The number of amides is 3. The number of nitrogens with zero attached hydrogens (tertiary/aromatic N) is 1. The summed E-state index contributed by atoms with van der Waals surface area (Å²) < 4.78 is 0. The Bertz CT molecular complexity index is 702. The number of benzene rings is 1. The van der Waals surface area contributed by atoms with Crippen LogP contribution in [0.25, 0.3) is 0 Å². The van der Waals surface area contributed by atoms with Gasteiger partial charge in [0.2, 0.25) is 5.91 Å². The molecule has 1 aromatic carbocycles. The molecule has 0 fully saturated rings. The van der Waals surface area contributed by atoms with Crippen molar-refractivity contribution in [3.05, 3.63) is 29.3 Å². The minimum Gasteiger partial charge on any atom is -0.378 e. The molecule has 0 aromatic heterocycles. The zero-order valence-corrected chi connectivity index (χ0v) is 15.1. The number of hydrogen-bond donors (Lipinski definition) is 2. The van der Waals surface area contributed by atoms with Crippen LogP contribution in [0, 0.1) is 0 Å². The van der Waals surface area contributed by atoms with Gasteiger partial charge in [0.1, 0.15) is 12.6 Å². The summed E-state index contributed by atoms with van der Waals surface area (Å²) in [5, 5.41) is 5.18. The predicted octanol–water partition coefficient (Wildman–Crippen LogP) is 1.01. The van der Waals surface area contributed by atoms with Gasteiger partial charge in [-0.2, -0.15) is 0 Å². The first-order valence-electron chi connectivity index (χ1n) is 8.39. The maximum atomic E-state index is 12.6. The molecule has 3 amide bonds. The number of aldehydes is 2. The maximum Gasteiger partial charge on any atom is 0.264 e. The van der Waals surface area contributed by atoms with Gasteiger partial charge in [0, 0.05) is 19.2 Å². The monoisotopic (exact) mass is 361 g/mol. The van der Waals surface area contributed by atoms with Crippen molar-refractivity contribution >= 4 is 36.0 Å². The summed E-state index contributed by atoms with van der Waals surface area (Å²) in [6.45, 7) is 3.99. The van der Waals surface area contributed by atoms with E-state index in [0.717, 1.165) is 4.90 Å². The highest BCUT2D eigenvalue weighted by Crippen LogP contribution is 2.31. The third-order valence-corrected chi connectivity index (χ3v) is 3.76. The summed E-state index contributed by atoms with van der Waals surface area (Å²) >= 11 is 0. The summed E-state index contributed by atoms with van der Waals surface area (Å²) in [7, 11) is 1.46. The zero-order valence-electron chi connectivity index (χ0n) is 15.1. The van der Waals surface area contributed by atoms with E-state index in [-0.39, 0.29) is 36.4 Å². The first-order valence-corrected chi connectivity index (χ1v) is 8.39. The molecule has 0 radical (unpaired) electrons. The number of imide groups is 1. The Morgan fingerprint density at radius 2 is 1.88 bits per heavy atom. The van der Waals surface area contributed by atoms with E-state index in [9.17, 15) is 24.0 Å². The molecular weight excluding hydrogens is 338 g/mol. The lowest BCUT2D eigenvalue weighted by Crippen LogP contribution is -2.41. The summed E-state index contributed by atoms with van der Waals surface area (Å²) in [4.78, 5) is 59.2. The molecule has 1 atom stereocenters. The van der Waals surface area contributed by atoms with Crippen molar-refractivity contribution in [1.82, 2.24) is 10.2 Å². The average molecular weight is 361 g/mol. The number of nitrogens with one attached hydrogen (secondary N) is 2. The molecule has 1 aromatic rings. The number of fused-ring (bicyclic) bond motifs is 1. The molecule has 0 aliphatic carbocycles. The van der Waals surface area contributed by atoms with Gasteiger partial charge in [-0.05, 0) is 18.6 Å². The minimum atomic E-state index is -1.02. The van der Waals surface area contributed by atoms with Crippen LogP contribution in [0.2, 0.25) is 0 Å². The second-order valence-electron chi connectivity index (χ2n) is 5.17. The Morgan fingerprint density at radius 3 is 2.46 bits per heavy atom. The summed E-state index contributed by atoms with van der Waals surface area (Å²) in [5.41, 5.74) is 0.662. The van der Waals surface area contributed by atoms with E-state index in [2.05, 4.69) is 10.6 Å². The summed E-state index contributed by atoms with van der Waals surface area (Å²) in [5.74, 6) is -1.48. The molecule has 0 saturated carbocycles. The average Bonchev–Trinajstić information content (AvgIpc) is 2.94. The molecule has 0 bridgehead atoms. The number of hydrogen-bond acceptors (Lipinski definition) is 6. The Balaban J connectivity index is 0.00000163. The largest absolute Gasteiger partial charge is 0.378 e. The fourth-order valence-electron chi connectivity index (χ4n) is 2.57. The van der Waals surface area contributed by atoms with E-state index in [0.29, 0.717) is 18.3 Å². The lowest BCUT2D eigenvalue weighted by Gasteiger charge is -2.21. The highest BCUT2D eigenvalue weighted by atomic mass is 16.2. The van der Waals surface area contributed by atoms with Crippen molar-refractivity contribution < 1.29 is 24.0 Å². The van der Waals surface area contributed by atoms with Crippen LogP contribution < -0.4 is 10.6 Å². The first-order chi connectivity index (χ1) is 12.5. The molecule has 140 valence electrons. The molecule has 0 saturated heterocycles. The fraction of sp³-hybridized carbons (Fsp3) is 0.389. The Kier molecular flexibility index (Phi) is 8.14. The Morgan fingerprint density at radius 1 is 1.19 bits per heavy atom. The van der Waals surface area contributed by atoms with E-state index < -0.39 is 17.9 Å². The highest BCUT2D eigenvalue weighted by molar-refractivity contribution is 6.24. The van der Waals surface area contributed by atoms with Crippen molar-refractivity contribution in [3.8, 4) is 0 Å². The van der Waals surface area contributed by atoms with Crippen molar-refractivity contribution in [3.63, 3.8) is 0 Å². The molecule has 1 aliphatic heterocycles. The molecule has 8 heteroatoms. The van der Waals surface area contributed by atoms with Gasteiger partial charge in [-0.3, -0.25) is 19.3 Å². The minimum absolute atomic E-state index is 0.00823. The molecule has 0 spiro atoms. The van der Waals surface area contributed by atoms with Gasteiger partial charge in [-0.15, -0.1) is 0 Å². The molecular formula is C18H23N3O5. The second-order valence-corrected chi connectivity index (χ2v) is 5.17. The van der Waals surface area contributed by atoms with Gasteiger partial charge in [0.05, 0.1) is 23.7 Å². The van der Waals surface area contributed by atoms with E-state index >= 15 is 0 Å². The van der Waals surface area contributed by atoms with Crippen LogP contribution in [0.1, 0.15) is 47.4 Å². The smallest absolute Gasteiger partial charge is 0.264 e. The quantitative estimate of drug-likeness (QED) is 0.528. The van der Waals surface area contributed by atoms with Gasteiger partial charge >= 0.3 is 0 Å². The molecule has 26 heavy (non-hydrogen) atoms. The highest BCUT2D eigenvalue weighted by Gasteiger charge is 2.41. The fourth-order valence-corrected chi connectivity index (χ4v) is 2.57. The molecule has 1 aliphatic rings. The molecule has 1 unspecified atom stereocenters. The third kappa shape index (κ3) is 4.33. The SMILES string of the molecule is CC.CNC(=O)CCC(C=O)N1C(=O)c2cccc(NCC=O)c2C1=O. The van der Waals surface area contributed by atoms with Crippen molar-refractivity contribution in [1.29, 1.82) is 0 Å². The van der Waals surface area contributed by atoms with Crippen molar-refractivity contribution in [2.45, 2.75) is 32.7 Å². The predicted molar refractivity (Wildman–Crippen MR) is 96.0 cm³/mol. The molecule has 8 nitrogen and oxygen atoms in total. The van der Waals surface area contributed by atoms with Gasteiger partial charge in [-0.25, -0.2) is 0 Å². The molecule has 1 heterocycles. The van der Waals surface area contributed by atoms with Crippen LogP contribution in [0.3, 0.4) is 0 Å². The Labute approximate surface area is 151 Å². The Hall–Kier alpha value is -3.03. The van der Waals surface area contributed by atoms with Gasteiger partial charge < -0.3 is 20.2 Å². The number of carbonyl (C=O) groups excluding carboxylic acids is 5. The number of anilines is 1. The molecule has 2 rings (SSSR count). The van der Waals surface area contributed by atoms with Crippen LogP contribution in [0.15, 0.2) is 18.2 Å². The second kappa shape index (κ2) is 10.1. The van der Waals surface area contributed by atoms with Crippen LogP contribution in [-0.2, 0) is 14.4 Å². The third-order valence-electron chi connectivity index (χ3n) is 3.76. The lowest BCUT2D eigenvalue weighted by molar-refractivity contribution is -0.121. The van der Waals surface area contributed by atoms with Crippen molar-refractivity contribution in [2.75, 3.05) is 18.9 Å². The van der Waals surface area contributed by atoms with Crippen LogP contribution in [0.4, 0.5) is 5.69 Å². The van der Waals surface area contributed by atoms with Crippen LogP contribution in [-0.4, -0.2) is 54.8 Å². The number of rotatable bonds is 8. The van der Waals surface area contributed by atoms with E-state index in [1.54, 1.807) is 12.1 Å². The van der Waals surface area contributed by atoms with Gasteiger partial charge in [-0.1, -0.05) is 19.9 Å². The maximum absolute atomic E-state index is 12.6.